The number of methoxy groups -OCH3 is 1. The van der Waals surface area contributed by atoms with Crippen LogP contribution in [0.2, 0.25) is 0 Å². The van der Waals surface area contributed by atoms with Crippen LogP contribution in [0.5, 0.6) is 11.5 Å². The number of nitrogens with one attached hydrogen (secondary N) is 1. The molecular formula is C25H30N2O6. The van der Waals surface area contributed by atoms with Gasteiger partial charge in [0.2, 0.25) is 5.91 Å². The Bertz CT molecular complexity index is 952. The van der Waals surface area contributed by atoms with Crippen molar-refractivity contribution in [1.82, 2.24) is 10.2 Å². The van der Waals surface area contributed by atoms with E-state index in [0.29, 0.717) is 50.1 Å². The molecule has 8 nitrogen and oxygen atoms in total. The number of ether oxygens (including phenoxy) is 3. The molecule has 1 fully saturated rings. The second-order valence-corrected chi connectivity index (χ2v) is 7.75. The third-order valence-electron chi connectivity index (χ3n) is 5.56. The molecule has 1 saturated heterocycles. The third-order valence-corrected chi connectivity index (χ3v) is 5.56. The maximum atomic E-state index is 12.6. The van der Waals surface area contributed by atoms with Gasteiger partial charge >= 0.3 is 6.16 Å². The lowest BCUT2D eigenvalue weighted by Crippen LogP contribution is -2.46. The zero-order valence-electron chi connectivity index (χ0n) is 19.0. The quantitative estimate of drug-likeness (QED) is 0.484. The molecule has 0 atom stereocenters. The number of benzene rings is 2. The average molecular weight is 455 g/mol. The molecule has 0 aromatic heterocycles. The van der Waals surface area contributed by atoms with Crippen LogP contribution in [0.4, 0.5) is 4.79 Å². The third kappa shape index (κ3) is 6.97. The van der Waals surface area contributed by atoms with E-state index in [-0.39, 0.29) is 24.5 Å². The first-order valence-corrected chi connectivity index (χ1v) is 11.1. The van der Waals surface area contributed by atoms with Crippen molar-refractivity contribution in [3.63, 3.8) is 0 Å². The number of hydrogen-bond donors (Lipinski definition) is 1. The number of amides is 2. The van der Waals surface area contributed by atoms with Gasteiger partial charge in [0.1, 0.15) is 11.5 Å². The van der Waals surface area contributed by atoms with Gasteiger partial charge in [-0.2, -0.15) is 0 Å². The number of nitrogens with zero attached hydrogens (tertiary/aromatic N) is 1. The highest BCUT2D eigenvalue weighted by Gasteiger charge is 2.24. The van der Waals surface area contributed by atoms with E-state index >= 15 is 0 Å². The highest BCUT2D eigenvalue weighted by Crippen LogP contribution is 2.20. The van der Waals surface area contributed by atoms with Gasteiger partial charge in [-0.15, -0.1) is 0 Å². The summed E-state index contributed by atoms with van der Waals surface area (Å²) >= 11 is 0. The normalized spacial score (nSPS) is 13.8. The summed E-state index contributed by atoms with van der Waals surface area (Å²) in [4.78, 5) is 38.4. The molecule has 0 aliphatic carbocycles. The minimum Gasteiger partial charge on any atom is -0.496 e. The van der Waals surface area contributed by atoms with Gasteiger partial charge in [0.25, 0.3) is 5.91 Å². The van der Waals surface area contributed by atoms with Crippen LogP contribution in [-0.4, -0.2) is 55.7 Å². The number of likely N-dealkylation sites (tertiary alicyclic amines) is 1. The minimum atomic E-state index is -0.779. The molecule has 2 aromatic carbocycles. The Morgan fingerprint density at radius 1 is 1.03 bits per heavy atom. The molecule has 176 valence electrons. The predicted molar refractivity (Wildman–Crippen MR) is 122 cm³/mol. The summed E-state index contributed by atoms with van der Waals surface area (Å²) in [6, 6.07) is 14.0. The molecule has 0 saturated carbocycles. The molecule has 1 aliphatic rings. The summed E-state index contributed by atoms with van der Waals surface area (Å²) in [6.45, 7) is 3.15. The van der Waals surface area contributed by atoms with Crippen LogP contribution >= 0.6 is 0 Å². The van der Waals surface area contributed by atoms with Gasteiger partial charge in [0.05, 0.1) is 13.7 Å². The van der Waals surface area contributed by atoms with E-state index < -0.39 is 6.16 Å². The molecule has 0 bridgehead atoms. The molecular weight excluding hydrogens is 424 g/mol. The second-order valence-electron chi connectivity index (χ2n) is 7.75. The first-order chi connectivity index (χ1) is 16.0. The van der Waals surface area contributed by atoms with Crippen LogP contribution in [0.3, 0.4) is 0 Å². The molecule has 3 rings (SSSR count). The minimum absolute atomic E-state index is 0.00576. The van der Waals surface area contributed by atoms with Gasteiger partial charge < -0.3 is 24.4 Å². The highest BCUT2D eigenvalue weighted by atomic mass is 16.7. The van der Waals surface area contributed by atoms with Crippen molar-refractivity contribution >= 4 is 18.0 Å². The lowest BCUT2D eigenvalue weighted by Gasteiger charge is -2.32. The summed E-state index contributed by atoms with van der Waals surface area (Å²) in [5.41, 5.74) is 1.50. The molecule has 2 aromatic rings. The Morgan fingerprint density at radius 3 is 2.39 bits per heavy atom. The number of rotatable bonds is 8. The van der Waals surface area contributed by atoms with Crippen molar-refractivity contribution in [2.75, 3.05) is 26.8 Å². The fraction of sp³-hybridized carbons (Fsp3) is 0.400. The molecule has 1 N–H and O–H groups in total. The van der Waals surface area contributed by atoms with E-state index in [1.54, 1.807) is 38.3 Å². The van der Waals surface area contributed by atoms with Gasteiger partial charge in [-0.05, 0) is 62.1 Å². The maximum Gasteiger partial charge on any atom is 0.513 e. The Balaban J connectivity index is 1.42. The largest absolute Gasteiger partial charge is 0.513 e. The Kier molecular flexibility index (Phi) is 8.69. The summed E-state index contributed by atoms with van der Waals surface area (Å²) in [5.74, 6) is 1.03. The van der Waals surface area contributed by atoms with Crippen LogP contribution in [0.15, 0.2) is 48.5 Å². The average Bonchev–Trinajstić information content (AvgIpc) is 2.83. The van der Waals surface area contributed by atoms with Crippen molar-refractivity contribution < 1.29 is 28.6 Å². The highest BCUT2D eigenvalue weighted by molar-refractivity contribution is 5.94. The number of carbonyl (C=O) groups excluding carboxylic acids is 3. The lowest BCUT2D eigenvalue weighted by atomic mass is 10.0. The van der Waals surface area contributed by atoms with Gasteiger partial charge in [0.15, 0.2) is 0 Å². The summed E-state index contributed by atoms with van der Waals surface area (Å²) in [6.07, 6.45) is 1.69. The predicted octanol–water partition coefficient (Wildman–Crippen LogP) is 3.58. The molecule has 0 radical (unpaired) electrons. The number of carbonyl (C=O) groups is 3. The number of aryl methyl sites for hydroxylation is 1. The number of hydrogen-bond acceptors (Lipinski definition) is 6. The van der Waals surface area contributed by atoms with Crippen LogP contribution in [0, 0.1) is 0 Å². The van der Waals surface area contributed by atoms with Crippen molar-refractivity contribution in [1.29, 1.82) is 0 Å². The SMILES string of the molecule is CCOC(=O)Oc1ccc(C(=O)NC2CCN(C(=O)CCc3ccccc3OC)CC2)cc1. The summed E-state index contributed by atoms with van der Waals surface area (Å²) in [5, 5.41) is 3.02. The molecule has 33 heavy (non-hydrogen) atoms. The first-order valence-electron chi connectivity index (χ1n) is 11.1. The molecule has 1 heterocycles. The Hall–Kier alpha value is -3.55. The molecule has 8 heteroatoms. The summed E-state index contributed by atoms with van der Waals surface area (Å²) in [7, 11) is 1.63. The smallest absolute Gasteiger partial charge is 0.496 e. The first kappa shape index (κ1) is 24.1. The maximum absolute atomic E-state index is 12.6. The van der Waals surface area contributed by atoms with E-state index in [0.717, 1.165) is 11.3 Å². The van der Waals surface area contributed by atoms with Gasteiger partial charge in [-0.25, -0.2) is 4.79 Å². The van der Waals surface area contributed by atoms with Crippen LogP contribution < -0.4 is 14.8 Å². The van der Waals surface area contributed by atoms with E-state index in [1.807, 2.05) is 29.2 Å². The lowest BCUT2D eigenvalue weighted by molar-refractivity contribution is -0.132. The van der Waals surface area contributed by atoms with Crippen LogP contribution in [0.1, 0.15) is 42.1 Å². The fourth-order valence-electron chi connectivity index (χ4n) is 3.77. The number of piperidine rings is 1. The zero-order chi connectivity index (χ0) is 23.6. The van der Waals surface area contributed by atoms with Crippen molar-refractivity contribution in [2.24, 2.45) is 0 Å². The van der Waals surface area contributed by atoms with Gasteiger partial charge in [-0.3, -0.25) is 9.59 Å². The van der Waals surface area contributed by atoms with Crippen molar-refractivity contribution in [3.8, 4) is 11.5 Å². The zero-order valence-corrected chi connectivity index (χ0v) is 19.0. The van der Waals surface area contributed by atoms with Gasteiger partial charge in [-0.1, -0.05) is 18.2 Å². The van der Waals surface area contributed by atoms with Crippen LogP contribution in [0.25, 0.3) is 0 Å². The fourth-order valence-corrected chi connectivity index (χ4v) is 3.77. The topological polar surface area (TPSA) is 94.2 Å². The molecule has 0 spiro atoms. The van der Waals surface area contributed by atoms with Gasteiger partial charge in [0, 0.05) is 31.1 Å². The number of para-hydroxylation sites is 1. The van der Waals surface area contributed by atoms with Crippen LogP contribution in [-0.2, 0) is 16.0 Å². The van der Waals surface area contributed by atoms with E-state index in [9.17, 15) is 14.4 Å². The standard InChI is InChI=1S/C25H30N2O6/c1-3-32-25(30)33-21-11-8-19(9-12-21)24(29)26-20-14-16-27(17-15-20)23(28)13-10-18-6-4-5-7-22(18)31-2/h4-9,11-12,20H,3,10,13-17H2,1-2H3,(H,26,29). The van der Waals surface area contributed by atoms with Crippen molar-refractivity contribution in [3.05, 3.63) is 59.7 Å². The molecule has 1 aliphatic heterocycles. The Labute approximate surface area is 193 Å². The monoisotopic (exact) mass is 454 g/mol. The Morgan fingerprint density at radius 2 is 1.73 bits per heavy atom. The van der Waals surface area contributed by atoms with E-state index in [2.05, 4.69) is 5.32 Å². The summed E-state index contributed by atoms with van der Waals surface area (Å²) < 4.78 is 15.1. The molecule has 0 unspecified atom stereocenters. The van der Waals surface area contributed by atoms with Crippen molar-refractivity contribution in [2.45, 2.75) is 38.6 Å². The van der Waals surface area contributed by atoms with E-state index in [4.69, 9.17) is 14.2 Å². The van der Waals surface area contributed by atoms with E-state index in [1.165, 1.54) is 0 Å². The molecule has 2 amide bonds. The second kappa shape index (κ2) is 11.9.